The lowest BCUT2D eigenvalue weighted by atomic mass is 10.2. The van der Waals surface area contributed by atoms with Crippen LogP contribution in [-0.2, 0) is 10.0 Å². The van der Waals surface area contributed by atoms with Crippen LogP contribution in [0.2, 0.25) is 0 Å². The Morgan fingerprint density at radius 2 is 1.54 bits per heavy atom. The highest BCUT2D eigenvalue weighted by Crippen LogP contribution is 2.21. The summed E-state index contributed by atoms with van der Waals surface area (Å²) in [5.41, 5.74) is -0.485. The number of carbonyl (C=O) groups excluding carboxylic acids is 1. The molecule has 0 saturated heterocycles. The molecule has 0 heterocycles. The van der Waals surface area contributed by atoms with Crippen molar-refractivity contribution in [2.24, 2.45) is 0 Å². The summed E-state index contributed by atoms with van der Waals surface area (Å²) >= 11 is 0. The fourth-order valence-electron chi connectivity index (χ4n) is 2.31. The molecule has 26 heavy (non-hydrogen) atoms. The van der Waals surface area contributed by atoms with Gasteiger partial charge in [0.2, 0.25) is 10.0 Å². The summed E-state index contributed by atoms with van der Waals surface area (Å²) in [6.45, 7) is 4.02. The Morgan fingerprint density at radius 1 is 0.962 bits per heavy atom. The summed E-state index contributed by atoms with van der Waals surface area (Å²) in [7, 11) is -3.67. The third-order valence-corrected chi connectivity index (χ3v) is 5.81. The van der Waals surface area contributed by atoms with Gasteiger partial charge in [-0.2, -0.15) is 4.31 Å². The minimum absolute atomic E-state index is 0.0109. The lowest BCUT2D eigenvalue weighted by molar-refractivity contribution is 0.102. The van der Waals surface area contributed by atoms with Crippen molar-refractivity contribution in [2.45, 2.75) is 18.7 Å². The van der Waals surface area contributed by atoms with Crippen LogP contribution >= 0.6 is 0 Å². The van der Waals surface area contributed by atoms with Crippen LogP contribution in [0.25, 0.3) is 0 Å². The average Bonchev–Trinajstić information content (AvgIpc) is 2.63. The largest absolute Gasteiger partial charge is 0.319 e. The maximum absolute atomic E-state index is 13.6. The number of carbonyl (C=O) groups is 1. The molecule has 2 rings (SSSR count). The van der Waals surface area contributed by atoms with Gasteiger partial charge in [-0.15, -0.1) is 0 Å². The number of nitrogens with zero attached hydrogens (tertiary/aromatic N) is 1. The highest BCUT2D eigenvalue weighted by Gasteiger charge is 2.22. The van der Waals surface area contributed by atoms with E-state index in [1.165, 1.54) is 28.6 Å². The van der Waals surface area contributed by atoms with E-state index in [2.05, 4.69) is 5.32 Å². The van der Waals surface area contributed by atoms with Crippen molar-refractivity contribution in [3.63, 3.8) is 0 Å². The Bertz CT molecular complexity index is 912. The lowest BCUT2D eigenvalue weighted by Crippen LogP contribution is -2.30. The van der Waals surface area contributed by atoms with Crippen LogP contribution in [0.1, 0.15) is 24.2 Å². The Balaban J connectivity index is 2.23. The zero-order valence-corrected chi connectivity index (χ0v) is 14.9. The lowest BCUT2D eigenvalue weighted by Gasteiger charge is -2.18. The van der Waals surface area contributed by atoms with Crippen molar-refractivity contribution in [2.75, 3.05) is 18.4 Å². The molecule has 0 aliphatic heterocycles. The van der Waals surface area contributed by atoms with E-state index < -0.39 is 39.1 Å². The van der Waals surface area contributed by atoms with Crippen molar-refractivity contribution in [3.05, 3.63) is 59.4 Å². The number of halogens is 3. The zero-order valence-electron chi connectivity index (χ0n) is 14.1. The van der Waals surface area contributed by atoms with Crippen LogP contribution in [0.4, 0.5) is 18.9 Å². The molecule has 5 nitrogen and oxygen atoms in total. The summed E-state index contributed by atoms with van der Waals surface area (Å²) in [5, 5.41) is 2.12. The second kappa shape index (κ2) is 7.88. The fourth-order valence-corrected chi connectivity index (χ4v) is 3.77. The van der Waals surface area contributed by atoms with E-state index in [9.17, 15) is 26.4 Å². The topological polar surface area (TPSA) is 66.5 Å². The standard InChI is InChI=1S/C17H17F3N2O3S/c1-3-22(4-2)26(24,25)12-7-5-11(6-8-12)17(23)21-14-10-9-13(18)15(19)16(14)20/h5-10H,3-4H2,1-2H3,(H,21,23). The first-order valence-corrected chi connectivity index (χ1v) is 9.21. The molecule has 0 radical (unpaired) electrons. The molecule has 0 aliphatic rings. The fraction of sp³-hybridized carbons (Fsp3) is 0.235. The Kier molecular flexibility index (Phi) is 6.04. The number of amides is 1. The predicted octanol–water partition coefficient (Wildman–Crippen LogP) is 3.39. The van der Waals surface area contributed by atoms with E-state index in [4.69, 9.17) is 0 Å². The summed E-state index contributed by atoms with van der Waals surface area (Å²) < 4.78 is 65.7. The highest BCUT2D eigenvalue weighted by atomic mass is 32.2. The number of benzene rings is 2. The maximum Gasteiger partial charge on any atom is 0.255 e. The zero-order chi connectivity index (χ0) is 19.5. The first-order valence-electron chi connectivity index (χ1n) is 7.77. The number of hydrogen-bond acceptors (Lipinski definition) is 3. The van der Waals surface area contributed by atoms with Gasteiger partial charge in [-0.05, 0) is 36.4 Å². The third-order valence-electron chi connectivity index (χ3n) is 3.74. The van der Waals surface area contributed by atoms with E-state index in [0.29, 0.717) is 19.2 Å². The third kappa shape index (κ3) is 3.88. The van der Waals surface area contributed by atoms with Crippen molar-refractivity contribution in [3.8, 4) is 0 Å². The molecule has 140 valence electrons. The second-order valence-electron chi connectivity index (χ2n) is 5.29. The van der Waals surface area contributed by atoms with Gasteiger partial charge >= 0.3 is 0 Å². The van der Waals surface area contributed by atoms with Gasteiger partial charge in [-0.1, -0.05) is 13.8 Å². The predicted molar refractivity (Wildman–Crippen MR) is 90.8 cm³/mol. The van der Waals surface area contributed by atoms with Crippen LogP contribution in [0.15, 0.2) is 41.3 Å². The highest BCUT2D eigenvalue weighted by molar-refractivity contribution is 7.89. The van der Waals surface area contributed by atoms with E-state index in [0.717, 1.165) is 6.07 Å². The molecule has 0 bridgehead atoms. The van der Waals surface area contributed by atoms with Crippen molar-refractivity contribution in [1.29, 1.82) is 0 Å². The Hall–Kier alpha value is -2.39. The molecule has 9 heteroatoms. The molecular formula is C17H17F3N2O3S. The normalized spacial score (nSPS) is 11.6. The van der Waals surface area contributed by atoms with Gasteiger partial charge in [0.1, 0.15) is 0 Å². The van der Waals surface area contributed by atoms with Crippen molar-refractivity contribution < 1.29 is 26.4 Å². The van der Waals surface area contributed by atoms with Gasteiger partial charge in [0, 0.05) is 18.7 Å². The number of nitrogens with one attached hydrogen (secondary N) is 1. The number of sulfonamides is 1. The van der Waals surface area contributed by atoms with Crippen LogP contribution in [-0.4, -0.2) is 31.7 Å². The van der Waals surface area contributed by atoms with Crippen LogP contribution in [0, 0.1) is 17.5 Å². The Labute approximate surface area is 149 Å². The van der Waals surface area contributed by atoms with Crippen molar-refractivity contribution >= 4 is 21.6 Å². The molecule has 0 spiro atoms. The summed E-state index contributed by atoms with van der Waals surface area (Å²) in [4.78, 5) is 12.1. The van der Waals surface area contributed by atoms with Gasteiger partial charge in [0.15, 0.2) is 17.5 Å². The van der Waals surface area contributed by atoms with Gasteiger partial charge in [-0.3, -0.25) is 4.79 Å². The summed E-state index contributed by atoms with van der Waals surface area (Å²) in [6.07, 6.45) is 0. The van der Waals surface area contributed by atoms with E-state index in [1.807, 2.05) is 0 Å². The molecule has 1 amide bonds. The number of rotatable bonds is 6. The second-order valence-corrected chi connectivity index (χ2v) is 7.23. The molecule has 0 fully saturated rings. The first kappa shape index (κ1) is 19.9. The smallest absolute Gasteiger partial charge is 0.255 e. The minimum Gasteiger partial charge on any atom is -0.319 e. The van der Waals surface area contributed by atoms with Crippen molar-refractivity contribution in [1.82, 2.24) is 4.31 Å². The summed E-state index contributed by atoms with van der Waals surface area (Å²) in [5.74, 6) is -5.37. The average molecular weight is 386 g/mol. The molecule has 2 aromatic rings. The number of anilines is 1. The van der Waals surface area contributed by atoms with Gasteiger partial charge < -0.3 is 5.32 Å². The quantitative estimate of drug-likeness (QED) is 0.774. The maximum atomic E-state index is 13.6. The van der Waals surface area contributed by atoms with Gasteiger partial charge in [0.25, 0.3) is 5.91 Å². The van der Waals surface area contributed by atoms with Crippen LogP contribution in [0.3, 0.4) is 0 Å². The molecule has 0 unspecified atom stereocenters. The Morgan fingerprint density at radius 3 is 2.08 bits per heavy atom. The molecule has 2 aromatic carbocycles. The molecule has 0 saturated carbocycles. The van der Waals surface area contributed by atoms with E-state index in [-0.39, 0.29) is 10.5 Å². The van der Waals surface area contributed by atoms with Crippen LogP contribution in [0.5, 0.6) is 0 Å². The molecular weight excluding hydrogens is 369 g/mol. The molecule has 1 N–H and O–H groups in total. The number of hydrogen-bond donors (Lipinski definition) is 1. The molecule has 0 aromatic heterocycles. The first-order chi connectivity index (χ1) is 12.2. The van der Waals surface area contributed by atoms with Gasteiger partial charge in [-0.25, -0.2) is 21.6 Å². The minimum atomic E-state index is -3.67. The van der Waals surface area contributed by atoms with Gasteiger partial charge in [0.05, 0.1) is 10.6 Å². The van der Waals surface area contributed by atoms with Crippen LogP contribution < -0.4 is 5.32 Å². The SMILES string of the molecule is CCN(CC)S(=O)(=O)c1ccc(C(=O)Nc2ccc(F)c(F)c2F)cc1. The van der Waals surface area contributed by atoms with E-state index in [1.54, 1.807) is 13.8 Å². The summed E-state index contributed by atoms with van der Waals surface area (Å²) in [6, 6.07) is 6.60. The van der Waals surface area contributed by atoms with E-state index >= 15 is 0 Å². The molecule has 0 atom stereocenters. The monoisotopic (exact) mass is 386 g/mol. The molecule has 0 aliphatic carbocycles.